The van der Waals surface area contributed by atoms with E-state index in [1.165, 1.54) is 16.1 Å². The lowest BCUT2D eigenvalue weighted by Crippen LogP contribution is -2.52. The zero-order chi connectivity index (χ0) is 17.6. The van der Waals surface area contributed by atoms with Crippen LogP contribution in [-0.2, 0) is 21.2 Å². The second-order valence-electron chi connectivity index (χ2n) is 6.15. The van der Waals surface area contributed by atoms with Crippen LogP contribution in [0.1, 0.15) is 12.5 Å². The van der Waals surface area contributed by atoms with Crippen LogP contribution in [0.5, 0.6) is 0 Å². The number of nitrogens with zero attached hydrogens (tertiary/aromatic N) is 3. The minimum atomic E-state index is -3.16. The number of likely N-dealkylation sites (N-methyl/N-ethyl adjacent to an activating group) is 1. The fraction of sp³-hybridized carbons (Fsp3) is 0.588. The molecule has 1 heterocycles. The standard InChI is InChI=1S/C17H27N3O3S/c1-3-18(10-9-16-7-5-4-6-8-16)15-17(21)19-11-13-20(14-12-19)24(2,22)23/h4-8H,3,9-15H2,1-2H3. The molecular weight excluding hydrogens is 326 g/mol. The number of carbonyl (C=O) groups excluding carboxylic acids is 1. The van der Waals surface area contributed by atoms with Crippen LogP contribution >= 0.6 is 0 Å². The van der Waals surface area contributed by atoms with Gasteiger partial charge in [-0.15, -0.1) is 0 Å². The maximum Gasteiger partial charge on any atom is 0.236 e. The predicted molar refractivity (Wildman–Crippen MR) is 95.3 cm³/mol. The van der Waals surface area contributed by atoms with Gasteiger partial charge in [0.15, 0.2) is 0 Å². The molecule has 6 nitrogen and oxygen atoms in total. The van der Waals surface area contributed by atoms with Crippen LogP contribution in [0.4, 0.5) is 0 Å². The first-order chi connectivity index (χ1) is 11.4. The molecule has 1 fully saturated rings. The van der Waals surface area contributed by atoms with Crippen molar-refractivity contribution in [1.29, 1.82) is 0 Å². The van der Waals surface area contributed by atoms with Crippen molar-refractivity contribution in [3.8, 4) is 0 Å². The molecule has 1 aromatic carbocycles. The molecule has 0 unspecified atom stereocenters. The van der Waals surface area contributed by atoms with Gasteiger partial charge < -0.3 is 4.90 Å². The molecule has 1 aliphatic heterocycles. The smallest absolute Gasteiger partial charge is 0.236 e. The summed E-state index contributed by atoms with van der Waals surface area (Å²) in [6.45, 7) is 5.84. The highest BCUT2D eigenvalue weighted by Crippen LogP contribution is 2.07. The fourth-order valence-electron chi connectivity index (χ4n) is 2.84. The van der Waals surface area contributed by atoms with Crippen LogP contribution in [0.3, 0.4) is 0 Å². The highest BCUT2D eigenvalue weighted by molar-refractivity contribution is 7.88. The monoisotopic (exact) mass is 353 g/mol. The lowest BCUT2D eigenvalue weighted by atomic mass is 10.1. The summed E-state index contributed by atoms with van der Waals surface area (Å²) >= 11 is 0. The van der Waals surface area contributed by atoms with E-state index < -0.39 is 10.0 Å². The van der Waals surface area contributed by atoms with Crippen LogP contribution in [0.15, 0.2) is 30.3 Å². The zero-order valence-electron chi connectivity index (χ0n) is 14.5. The van der Waals surface area contributed by atoms with Gasteiger partial charge in [-0.3, -0.25) is 9.69 Å². The highest BCUT2D eigenvalue weighted by Gasteiger charge is 2.26. The van der Waals surface area contributed by atoms with Crippen LogP contribution in [0.25, 0.3) is 0 Å². The van der Waals surface area contributed by atoms with Crippen molar-refractivity contribution in [2.24, 2.45) is 0 Å². The third-order valence-electron chi connectivity index (χ3n) is 4.43. The number of sulfonamides is 1. The average Bonchev–Trinajstić information content (AvgIpc) is 2.58. The lowest BCUT2D eigenvalue weighted by Gasteiger charge is -2.34. The molecule has 134 valence electrons. The predicted octanol–water partition coefficient (Wildman–Crippen LogP) is 0.655. The molecule has 0 bridgehead atoms. The second-order valence-corrected chi connectivity index (χ2v) is 8.13. The highest BCUT2D eigenvalue weighted by atomic mass is 32.2. The van der Waals surface area contributed by atoms with Crippen molar-refractivity contribution >= 4 is 15.9 Å². The van der Waals surface area contributed by atoms with E-state index in [-0.39, 0.29) is 5.91 Å². The summed E-state index contributed by atoms with van der Waals surface area (Å²) in [4.78, 5) is 16.4. The van der Waals surface area contributed by atoms with Crippen molar-refractivity contribution in [1.82, 2.24) is 14.1 Å². The summed E-state index contributed by atoms with van der Waals surface area (Å²) in [6, 6.07) is 10.2. The first-order valence-corrected chi connectivity index (χ1v) is 10.2. The Morgan fingerprint density at radius 1 is 1.12 bits per heavy atom. The van der Waals surface area contributed by atoms with E-state index >= 15 is 0 Å². The van der Waals surface area contributed by atoms with Gasteiger partial charge in [0.2, 0.25) is 15.9 Å². The fourth-order valence-corrected chi connectivity index (χ4v) is 3.67. The quantitative estimate of drug-likeness (QED) is 0.722. The van der Waals surface area contributed by atoms with E-state index in [0.717, 1.165) is 19.5 Å². The average molecular weight is 353 g/mol. The molecule has 2 rings (SSSR count). The first kappa shape index (κ1) is 18.9. The van der Waals surface area contributed by atoms with Gasteiger partial charge in [-0.2, -0.15) is 4.31 Å². The summed E-state index contributed by atoms with van der Waals surface area (Å²) in [6.07, 6.45) is 2.14. The zero-order valence-corrected chi connectivity index (χ0v) is 15.3. The van der Waals surface area contributed by atoms with E-state index in [1.54, 1.807) is 4.90 Å². The number of hydrogen-bond acceptors (Lipinski definition) is 4. The van der Waals surface area contributed by atoms with E-state index in [0.29, 0.717) is 32.7 Å². The van der Waals surface area contributed by atoms with Crippen LogP contribution < -0.4 is 0 Å². The van der Waals surface area contributed by atoms with Crippen LogP contribution in [-0.4, -0.2) is 80.5 Å². The van der Waals surface area contributed by atoms with Gasteiger partial charge in [0.1, 0.15) is 0 Å². The topological polar surface area (TPSA) is 60.9 Å². The van der Waals surface area contributed by atoms with Gasteiger partial charge in [0.05, 0.1) is 12.8 Å². The molecule has 24 heavy (non-hydrogen) atoms. The third-order valence-corrected chi connectivity index (χ3v) is 5.73. The molecule has 7 heteroatoms. The van der Waals surface area contributed by atoms with E-state index in [2.05, 4.69) is 24.0 Å². The molecule has 0 spiro atoms. The number of amides is 1. The lowest BCUT2D eigenvalue weighted by molar-refractivity contribution is -0.133. The number of rotatable bonds is 7. The van der Waals surface area contributed by atoms with Gasteiger partial charge in [-0.1, -0.05) is 37.3 Å². The van der Waals surface area contributed by atoms with Crippen molar-refractivity contribution in [3.63, 3.8) is 0 Å². The van der Waals surface area contributed by atoms with E-state index in [9.17, 15) is 13.2 Å². The Labute approximate surface area is 145 Å². The minimum absolute atomic E-state index is 0.0815. The van der Waals surface area contributed by atoms with Crippen LogP contribution in [0, 0.1) is 0 Å². The summed E-state index contributed by atoms with van der Waals surface area (Å²) in [7, 11) is -3.16. The second kappa shape index (κ2) is 8.60. The molecule has 0 N–H and O–H groups in total. The van der Waals surface area contributed by atoms with Crippen molar-refractivity contribution in [2.75, 3.05) is 52.1 Å². The largest absolute Gasteiger partial charge is 0.339 e. The van der Waals surface area contributed by atoms with Gasteiger partial charge >= 0.3 is 0 Å². The Hall–Kier alpha value is -1.44. The number of hydrogen-bond donors (Lipinski definition) is 0. The molecule has 0 saturated carbocycles. The van der Waals surface area contributed by atoms with Crippen molar-refractivity contribution in [2.45, 2.75) is 13.3 Å². The van der Waals surface area contributed by atoms with Gasteiger partial charge in [0.25, 0.3) is 0 Å². The van der Waals surface area contributed by atoms with E-state index in [1.807, 2.05) is 18.2 Å². The molecule has 0 aliphatic carbocycles. The van der Waals surface area contributed by atoms with Crippen molar-refractivity contribution < 1.29 is 13.2 Å². The summed E-state index contributed by atoms with van der Waals surface area (Å²) < 4.78 is 24.5. The Morgan fingerprint density at radius 3 is 2.29 bits per heavy atom. The van der Waals surface area contributed by atoms with E-state index in [4.69, 9.17) is 0 Å². The van der Waals surface area contributed by atoms with Crippen molar-refractivity contribution in [3.05, 3.63) is 35.9 Å². The molecule has 1 aliphatic rings. The number of carbonyl (C=O) groups is 1. The molecule has 0 atom stereocenters. The minimum Gasteiger partial charge on any atom is -0.339 e. The Morgan fingerprint density at radius 2 is 1.75 bits per heavy atom. The summed E-state index contributed by atoms with van der Waals surface area (Å²) in [5.41, 5.74) is 1.27. The maximum absolute atomic E-state index is 12.5. The normalized spacial score (nSPS) is 16.5. The van der Waals surface area contributed by atoms with Gasteiger partial charge in [-0.25, -0.2) is 8.42 Å². The SMILES string of the molecule is CCN(CCc1ccccc1)CC(=O)N1CCN(S(C)(=O)=O)CC1. The molecule has 1 amide bonds. The molecular formula is C17H27N3O3S. The molecule has 1 saturated heterocycles. The Balaban J connectivity index is 1.80. The molecule has 1 aromatic rings. The first-order valence-electron chi connectivity index (χ1n) is 8.39. The maximum atomic E-state index is 12.5. The summed E-state index contributed by atoms with van der Waals surface area (Å²) in [5.74, 6) is 0.0815. The third kappa shape index (κ3) is 5.58. The Kier molecular flexibility index (Phi) is 6.77. The molecule has 0 aromatic heterocycles. The molecule has 0 radical (unpaired) electrons. The number of piperazine rings is 1. The number of benzene rings is 1. The Bertz CT molecular complexity index is 626. The van der Waals surface area contributed by atoms with Gasteiger partial charge in [-0.05, 0) is 18.5 Å². The summed E-state index contributed by atoms with van der Waals surface area (Å²) in [5, 5.41) is 0. The van der Waals surface area contributed by atoms with Gasteiger partial charge in [0, 0.05) is 32.7 Å². The van der Waals surface area contributed by atoms with Crippen LogP contribution in [0.2, 0.25) is 0 Å².